The zero-order valence-corrected chi connectivity index (χ0v) is 11.5. The van der Waals surface area contributed by atoms with Gasteiger partial charge in [-0.2, -0.15) is 0 Å². The summed E-state index contributed by atoms with van der Waals surface area (Å²) >= 11 is 0. The van der Waals surface area contributed by atoms with E-state index in [0.29, 0.717) is 18.0 Å². The highest BCUT2D eigenvalue weighted by atomic mass is 19.1. The van der Waals surface area contributed by atoms with Crippen LogP contribution in [0.4, 0.5) is 4.39 Å². The van der Waals surface area contributed by atoms with E-state index in [-0.39, 0.29) is 17.5 Å². The molecule has 1 aromatic carbocycles. The molecule has 1 amide bonds. The van der Waals surface area contributed by atoms with E-state index < -0.39 is 5.82 Å². The van der Waals surface area contributed by atoms with Crippen LogP contribution in [0.25, 0.3) is 0 Å². The van der Waals surface area contributed by atoms with Gasteiger partial charge in [0.1, 0.15) is 5.82 Å². The first-order valence-corrected chi connectivity index (χ1v) is 6.86. The second-order valence-electron chi connectivity index (χ2n) is 5.33. The molecular weight excluding hydrogens is 243 g/mol. The lowest BCUT2D eigenvalue weighted by Gasteiger charge is -2.30. The van der Waals surface area contributed by atoms with Crippen LogP contribution in [0.5, 0.6) is 0 Å². The van der Waals surface area contributed by atoms with E-state index in [1.807, 2.05) is 0 Å². The van der Waals surface area contributed by atoms with Crippen molar-refractivity contribution in [2.45, 2.75) is 32.7 Å². The summed E-state index contributed by atoms with van der Waals surface area (Å²) in [7, 11) is 0. The predicted octanol–water partition coefficient (Wildman–Crippen LogP) is 2.25. The maximum absolute atomic E-state index is 13.8. The molecule has 19 heavy (non-hydrogen) atoms. The van der Waals surface area contributed by atoms with Crippen molar-refractivity contribution in [3.05, 3.63) is 35.1 Å². The van der Waals surface area contributed by atoms with Gasteiger partial charge in [0.25, 0.3) is 5.91 Å². The number of hydrogen-bond donors (Lipinski definition) is 2. The monoisotopic (exact) mass is 264 g/mol. The predicted molar refractivity (Wildman–Crippen MR) is 73.7 cm³/mol. The molecule has 0 radical (unpaired) electrons. The van der Waals surface area contributed by atoms with Gasteiger partial charge in [-0.25, -0.2) is 4.39 Å². The van der Waals surface area contributed by atoms with Crippen molar-refractivity contribution in [2.75, 3.05) is 13.1 Å². The van der Waals surface area contributed by atoms with Crippen molar-refractivity contribution in [1.29, 1.82) is 0 Å². The standard InChI is InChI=1S/C15H21FN2O/c1-10-6-4-8-17-13(10)9-18-15(19)12-7-3-5-11(2)14(12)16/h3,5,7,10,13,17H,4,6,8-9H2,1-2H3,(H,18,19). The van der Waals surface area contributed by atoms with Crippen LogP contribution < -0.4 is 10.6 Å². The number of halogens is 1. The number of rotatable bonds is 3. The van der Waals surface area contributed by atoms with Gasteiger partial charge in [0.15, 0.2) is 0 Å². The third kappa shape index (κ3) is 3.32. The Bertz CT molecular complexity index is 461. The second-order valence-corrected chi connectivity index (χ2v) is 5.33. The van der Waals surface area contributed by atoms with Gasteiger partial charge >= 0.3 is 0 Å². The lowest BCUT2D eigenvalue weighted by atomic mass is 9.93. The molecule has 2 rings (SSSR count). The first kappa shape index (κ1) is 14.0. The van der Waals surface area contributed by atoms with E-state index in [9.17, 15) is 9.18 Å². The van der Waals surface area contributed by atoms with Crippen molar-refractivity contribution in [1.82, 2.24) is 10.6 Å². The third-order valence-electron chi connectivity index (χ3n) is 3.85. The molecule has 2 atom stereocenters. The topological polar surface area (TPSA) is 41.1 Å². The van der Waals surface area contributed by atoms with Gasteiger partial charge in [0, 0.05) is 12.6 Å². The molecule has 1 aliphatic heterocycles. The summed E-state index contributed by atoms with van der Waals surface area (Å²) in [6.07, 6.45) is 2.35. The molecule has 1 saturated heterocycles. The number of benzene rings is 1. The Balaban J connectivity index is 1.95. The van der Waals surface area contributed by atoms with Crippen LogP contribution in [-0.4, -0.2) is 25.0 Å². The molecule has 1 fully saturated rings. The average molecular weight is 264 g/mol. The minimum absolute atomic E-state index is 0.128. The zero-order chi connectivity index (χ0) is 13.8. The Hall–Kier alpha value is -1.42. The molecule has 1 heterocycles. The summed E-state index contributed by atoms with van der Waals surface area (Å²) in [5, 5.41) is 6.22. The number of aryl methyl sites for hydroxylation is 1. The minimum atomic E-state index is -0.426. The van der Waals surface area contributed by atoms with E-state index in [1.54, 1.807) is 19.1 Å². The van der Waals surface area contributed by atoms with Gasteiger partial charge in [-0.15, -0.1) is 0 Å². The summed E-state index contributed by atoms with van der Waals surface area (Å²) in [4.78, 5) is 12.0. The summed E-state index contributed by atoms with van der Waals surface area (Å²) in [6, 6.07) is 5.17. The highest BCUT2D eigenvalue weighted by Gasteiger charge is 2.22. The lowest BCUT2D eigenvalue weighted by Crippen LogP contribution is -2.47. The molecule has 0 aliphatic carbocycles. The lowest BCUT2D eigenvalue weighted by molar-refractivity contribution is 0.0939. The van der Waals surface area contributed by atoms with Crippen LogP contribution in [0, 0.1) is 18.7 Å². The fourth-order valence-electron chi connectivity index (χ4n) is 2.51. The molecule has 0 spiro atoms. The highest BCUT2D eigenvalue weighted by molar-refractivity contribution is 5.94. The maximum atomic E-state index is 13.8. The second kappa shape index (κ2) is 6.15. The number of piperidine rings is 1. The number of nitrogens with one attached hydrogen (secondary N) is 2. The molecule has 0 saturated carbocycles. The Morgan fingerprint density at radius 2 is 2.32 bits per heavy atom. The largest absolute Gasteiger partial charge is 0.350 e. The molecular formula is C15H21FN2O. The fourth-order valence-corrected chi connectivity index (χ4v) is 2.51. The smallest absolute Gasteiger partial charge is 0.254 e. The molecule has 2 unspecified atom stereocenters. The number of amides is 1. The molecule has 4 heteroatoms. The summed E-state index contributed by atoms with van der Waals surface area (Å²) in [5.74, 6) is -0.221. The molecule has 3 nitrogen and oxygen atoms in total. The van der Waals surface area contributed by atoms with Gasteiger partial charge in [-0.3, -0.25) is 4.79 Å². The Morgan fingerprint density at radius 3 is 3.05 bits per heavy atom. The Kier molecular flexibility index (Phi) is 4.53. The molecule has 1 aromatic rings. The number of carbonyl (C=O) groups excluding carboxylic acids is 1. The summed E-state index contributed by atoms with van der Waals surface area (Å²) in [5.41, 5.74) is 0.625. The van der Waals surface area contributed by atoms with E-state index in [0.717, 1.165) is 6.54 Å². The molecule has 2 N–H and O–H groups in total. The fraction of sp³-hybridized carbons (Fsp3) is 0.533. The van der Waals surface area contributed by atoms with Crippen LogP contribution in [0.1, 0.15) is 35.7 Å². The van der Waals surface area contributed by atoms with Gasteiger partial charge in [-0.1, -0.05) is 19.1 Å². The van der Waals surface area contributed by atoms with Crippen LogP contribution in [-0.2, 0) is 0 Å². The van der Waals surface area contributed by atoms with Crippen molar-refractivity contribution < 1.29 is 9.18 Å². The molecule has 104 valence electrons. The van der Waals surface area contributed by atoms with Crippen LogP contribution in [0.2, 0.25) is 0 Å². The van der Waals surface area contributed by atoms with Crippen molar-refractivity contribution >= 4 is 5.91 Å². The van der Waals surface area contributed by atoms with Gasteiger partial charge < -0.3 is 10.6 Å². The normalized spacial score (nSPS) is 23.1. The third-order valence-corrected chi connectivity index (χ3v) is 3.85. The first-order chi connectivity index (χ1) is 9.09. The SMILES string of the molecule is Cc1cccc(C(=O)NCC2NCCCC2C)c1F. The van der Waals surface area contributed by atoms with Crippen LogP contribution in [0.15, 0.2) is 18.2 Å². The van der Waals surface area contributed by atoms with Gasteiger partial charge in [0.05, 0.1) is 5.56 Å². The van der Waals surface area contributed by atoms with Crippen molar-refractivity contribution in [2.24, 2.45) is 5.92 Å². The van der Waals surface area contributed by atoms with E-state index in [2.05, 4.69) is 17.6 Å². The summed E-state index contributed by atoms with van der Waals surface area (Å²) < 4.78 is 13.8. The molecule has 0 aromatic heterocycles. The number of hydrogen-bond acceptors (Lipinski definition) is 2. The highest BCUT2D eigenvalue weighted by Crippen LogP contribution is 2.15. The summed E-state index contributed by atoms with van der Waals surface area (Å²) in [6.45, 7) is 5.38. The minimum Gasteiger partial charge on any atom is -0.350 e. The van der Waals surface area contributed by atoms with Crippen LogP contribution >= 0.6 is 0 Å². The van der Waals surface area contributed by atoms with Gasteiger partial charge in [0.2, 0.25) is 0 Å². The average Bonchev–Trinajstić information content (AvgIpc) is 2.40. The maximum Gasteiger partial charge on any atom is 0.254 e. The van der Waals surface area contributed by atoms with Crippen LogP contribution in [0.3, 0.4) is 0 Å². The number of carbonyl (C=O) groups is 1. The van der Waals surface area contributed by atoms with Crippen molar-refractivity contribution in [3.8, 4) is 0 Å². The van der Waals surface area contributed by atoms with Gasteiger partial charge in [-0.05, 0) is 43.9 Å². The first-order valence-electron chi connectivity index (χ1n) is 6.86. The molecule has 0 bridgehead atoms. The quantitative estimate of drug-likeness (QED) is 0.879. The molecule has 1 aliphatic rings. The Labute approximate surface area is 113 Å². The zero-order valence-electron chi connectivity index (χ0n) is 11.5. The van der Waals surface area contributed by atoms with Crippen molar-refractivity contribution in [3.63, 3.8) is 0 Å². The Morgan fingerprint density at radius 1 is 1.53 bits per heavy atom. The van der Waals surface area contributed by atoms with E-state index >= 15 is 0 Å². The van der Waals surface area contributed by atoms with E-state index in [1.165, 1.54) is 18.9 Å². The van der Waals surface area contributed by atoms with E-state index in [4.69, 9.17) is 0 Å².